The highest BCUT2D eigenvalue weighted by Crippen LogP contribution is 2.01. The zero-order valence-electron chi connectivity index (χ0n) is 7.29. The van der Waals surface area contributed by atoms with Gasteiger partial charge in [-0.2, -0.15) is 0 Å². The van der Waals surface area contributed by atoms with E-state index >= 15 is 0 Å². The summed E-state index contributed by atoms with van der Waals surface area (Å²) in [5.74, 6) is 0. The summed E-state index contributed by atoms with van der Waals surface area (Å²) in [4.78, 5) is 10.7. The average Bonchev–Trinajstić information content (AvgIpc) is 2.09. The molecule has 0 rings (SSSR count). The minimum atomic E-state index is -0.710. The molecule has 0 atom stereocenters. The van der Waals surface area contributed by atoms with Crippen LogP contribution < -0.4 is 0 Å². The van der Waals surface area contributed by atoms with Crippen molar-refractivity contribution in [2.45, 2.75) is 12.8 Å². The minimum absolute atomic E-state index is 0.108. The van der Waals surface area contributed by atoms with Crippen LogP contribution in [0, 0.1) is 0 Å². The quantitative estimate of drug-likeness (QED) is 0.579. The Kier molecular flexibility index (Phi) is 7.73. The lowest BCUT2D eigenvalue weighted by molar-refractivity contribution is 0.0606. The third-order valence-corrected chi connectivity index (χ3v) is 1.35. The zero-order chi connectivity index (χ0) is 10.1. The fraction of sp³-hybridized carbons (Fsp3) is 0.625. The summed E-state index contributed by atoms with van der Waals surface area (Å²) in [6.45, 7) is 3.98. The van der Waals surface area contributed by atoms with Gasteiger partial charge in [-0.1, -0.05) is 22.5 Å². The van der Waals surface area contributed by atoms with Crippen LogP contribution in [0.3, 0.4) is 0 Å². The largest absolute Gasteiger partial charge is 0.508 e. The molecule has 0 heterocycles. The first-order chi connectivity index (χ1) is 6.16. The number of rotatable bonds is 6. The fourth-order valence-electron chi connectivity index (χ4n) is 0.548. The van der Waals surface area contributed by atoms with E-state index in [9.17, 15) is 4.79 Å². The van der Waals surface area contributed by atoms with Crippen molar-refractivity contribution < 1.29 is 19.4 Å². The molecule has 0 saturated carbocycles. The SMILES string of the molecule is C=C(Br)COC(=O)OCCCCO. The average molecular weight is 253 g/mol. The Morgan fingerprint density at radius 2 is 2.08 bits per heavy atom. The Hall–Kier alpha value is -0.550. The van der Waals surface area contributed by atoms with Gasteiger partial charge >= 0.3 is 6.16 Å². The molecule has 0 aliphatic heterocycles. The number of ether oxygens (including phenoxy) is 2. The third-order valence-electron chi connectivity index (χ3n) is 1.12. The first kappa shape index (κ1) is 12.4. The van der Waals surface area contributed by atoms with Crippen LogP contribution in [0.25, 0.3) is 0 Å². The lowest BCUT2D eigenvalue weighted by Crippen LogP contribution is -2.09. The molecule has 0 radical (unpaired) electrons. The van der Waals surface area contributed by atoms with Gasteiger partial charge in [-0.05, 0) is 12.8 Å². The molecule has 13 heavy (non-hydrogen) atoms. The van der Waals surface area contributed by atoms with Crippen LogP contribution >= 0.6 is 15.9 Å². The highest BCUT2D eigenvalue weighted by molar-refractivity contribution is 9.11. The number of halogens is 1. The van der Waals surface area contributed by atoms with Crippen LogP contribution in [0.4, 0.5) is 4.79 Å². The van der Waals surface area contributed by atoms with Gasteiger partial charge in [0.2, 0.25) is 0 Å². The van der Waals surface area contributed by atoms with Crippen molar-refractivity contribution in [3.8, 4) is 0 Å². The van der Waals surface area contributed by atoms with Crippen LogP contribution in [0.15, 0.2) is 11.1 Å². The zero-order valence-corrected chi connectivity index (χ0v) is 8.88. The van der Waals surface area contributed by atoms with E-state index in [2.05, 4.69) is 32.0 Å². The van der Waals surface area contributed by atoms with Gasteiger partial charge in [0.15, 0.2) is 0 Å². The summed E-state index contributed by atoms with van der Waals surface area (Å²) in [7, 11) is 0. The fourth-order valence-corrected chi connectivity index (χ4v) is 0.663. The van der Waals surface area contributed by atoms with Gasteiger partial charge in [0, 0.05) is 11.1 Å². The monoisotopic (exact) mass is 252 g/mol. The van der Waals surface area contributed by atoms with E-state index in [1.165, 1.54) is 0 Å². The number of hydrogen-bond donors (Lipinski definition) is 1. The van der Waals surface area contributed by atoms with Crippen molar-refractivity contribution in [3.63, 3.8) is 0 Å². The normalized spacial score (nSPS) is 9.38. The summed E-state index contributed by atoms with van der Waals surface area (Å²) < 4.78 is 9.86. The van der Waals surface area contributed by atoms with Crippen molar-refractivity contribution in [2.75, 3.05) is 19.8 Å². The van der Waals surface area contributed by atoms with Gasteiger partial charge < -0.3 is 14.6 Å². The molecular weight excluding hydrogens is 240 g/mol. The number of aliphatic hydroxyl groups is 1. The second-order valence-electron chi connectivity index (χ2n) is 2.34. The molecule has 0 aliphatic carbocycles. The Morgan fingerprint density at radius 1 is 1.38 bits per heavy atom. The predicted molar refractivity (Wildman–Crippen MR) is 51.7 cm³/mol. The number of aliphatic hydroxyl groups excluding tert-OH is 1. The van der Waals surface area contributed by atoms with Crippen LogP contribution in [0.1, 0.15) is 12.8 Å². The van der Waals surface area contributed by atoms with Crippen molar-refractivity contribution in [1.82, 2.24) is 0 Å². The Labute approximate surface area is 85.7 Å². The van der Waals surface area contributed by atoms with Crippen molar-refractivity contribution in [3.05, 3.63) is 11.1 Å². The van der Waals surface area contributed by atoms with E-state index in [0.29, 0.717) is 17.3 Å². The Bertz CT molecular complexity index is 170. The molecule has 0 aromatic rings. The molecule has 4 nitrogen and oxygen atoms in total. The lowest BCUT2D eigenvalue weighted by atomic mass is 10.3. The van der Waals surface area contributed by atoms with E-state index in [-0.39, 0.29) is 19.8 Å². The summed E-state index contributed by atoms with van der Waals surface area (Å²) in [5.41, 5.74) is 0. The van der Waals surface area contributed by atoms with Crippen molar-refractivity contribution in [2.24, 2.45) is 0 Å². The highest BCUT2D eigenvalue weighted by Gasteiger charge is 2.02. The van der Waals surface area contributed by atoms with E-state index in [1.807, 2.05) is 0 Å². The van der Waals surface area contributed by atoms with Gasteiger partial charge in [0.05, 0.1) is 6.61 Å². The second kappa shape index (κ2) is 8.07. The lowest BCUT2D eigenvalue weighted by Gasteiger charge is -2.04. The minimum Gasteiger partial charge on any atom is -0.434 e. The predicted octanol–water partition coefficient (Wildman–Crippen LogP) is 1.82. The molecule has 0 fully saturated rings. The third kappa shape index (κ3) is 9.36. The Morgan fingerprint density at radius 3 is 2.62 bits per heavy atom. The van der Waals surface area contributed by atoms with Crippen molar-refractivity contribution in [1.29, 1.82) is 0 Å². The van der Waals surface area contributed by atoms with Crippen LogP contribution in [0.2, 0.25) is 0 Å². The van der Waals surface area contributed by atoms with Crippen molar-refractivity contribution >= 4 is 22.1 Å². The number of carbonyl (C=O) groups is 1. The summed E-state index contributed by atoms with van der Waals surface area (Å²) in [5, 5.41) is 8.42. The molecule has 0 bridgehead atoms. The number of unbranched alkanes of at least 4 members (excludes halogenated alkanes) is 1. The molecular formula is C8H13BrO4. The molecule has 5 heteroatoms. The highest BCUT2D eigenvalue weighted by atomic mass is 79.9. The molecule has 76 valence electrons. The molecule has 0 saturated heterocycles. The topological polar surface area (TPSA) is 55.8 Å². The van der Waals surface area contributed by atoms with Crippen LogP contribution in [0.5, 0.6) is 0 Å². The van der Waals surface area contributed by atoms with Gasteiger partial charge in [-0.3, -0.25) is 0 Å². The van der Waals surface area contributed by atoms with Gasteiger partial charge in [0.1, 0.15) is 6.61 Å². The van der Waals surface area contributed by atoms with E-state index in [4.69, 9.17) is 5.11 Å². The first-order valence-corrected chi connectivity index (χ1v) is 4.70. The summed E-state index contributed by atoms with van der Waals surface area (Å²) >= 11 is 3.04. The smallest absolute Gasteiger partial charge is 0.434 e. The van der Waals surface area contributed by atoms with Crippen LogP contribution in [-0.4, -0.2) is 31.1 Å². The molecule has 0 aromatic carbocycles. The van der Waals surface area contributed by atoms with Gasteiger partial charge in [-0.15, -0.1) is 0 Å². The second-order valence-corrected chi connectivity index (χ2v) is 3.46. The molecule has 0 amide bonds. The summed E-state index contributed by atoms with van der Waals surface area (Å²) in [6.07, 6.45) is 0.554. The maximum absolute atomic E-state index is 10.7. The van der Waals surface area contributed by atoms with Gasteiger partial charge in [0.25, 0.3) is 0 Å². The standard InChI is InChI=1S/C8H13BrO4/c1-7(9)6-13-8(11)12-5-3-2-4-10/h10H,1-6H2. The molecule has 0 aliphatic rings. The van der Waals surface area contributed by atoms with Crippen LogP contribution in [-0.2, 0) is 9.47 Å². The maximum atomic E-state index is 10.7. The molecule has 0 spiro atoms. The van der Waals surface area contributed by atoms with E-state index in [1.54, 1.807) is 0 Å². The maximum Gasteiger partial charge on any atom is 0.508 e. The number of carbonyl (C=O) groups excluding carboxylic acids is 1. The molecule has 1 N–H and O–H groups in total. The first-order valence-electron chi connectivity index (χ1n) is 3.90. The molecule has 0 aromatic heterocycles. The summed E-state index contributed by atoms with van der Waals surface area (Å²) in [6, 6.07) is 0. The Balaban J connectivity index is 3.25. The van der Waals surface area contributed by atoms with E-state index < -0.39 is 6.16 Å². The number of hydrogen-bond acceptors (Lipinski definition) is 4. The molecule has 0 unspecified atom stereocenters. The van der Waals surface area contributed by atoms with E-state index in [0.717, 1.165) is 0 Å². The van der Waals surface area contributed by atoms with Gasteiger partial charge in [-0.25, -0.2) is 4.79 Å².